The second-order valence-corrected chi connectivity index (χ2v) is 6.22. The van der Waals surface area contributed by atoms with Gasteiger partial charge in [0.15, 0.2) is 0 Å². The lowest BCUT2D eigenvalue weighted by atomic mass is 9.96. The average Bonchev–Trinajstić information content (AvgIpc) is 2.91. The zero-order valence-electron chi connectivity index (χ0n) is 12.9. The van der Waals surface area contributed by atoms with Crippen molar-refractivity contribution in [2.75, 3.05) is 26.7 Å². The second kappa shape index (κ2) is 6.87. The van der Waals surface area contributed by atoms with Gasteiger partial charge in [-0.2, -0.15) is 0 Å². The molecule has 5 nitrogen and oxygen atoms in total. The molecule has 0 spiro atoms. The van der Waals surface area contributed by atoms with E-state index in [-0.39, 0.29) is 5.91 Å². The lowest BCUT2D eigenvalue weighted by Gasteiger charge is -2.37. The van der Waals surface area contributed by atoms with E-state index >= 15 is 0 Å². The van der Waals surface area contributed by atoms with Crippen LogP contribution in [0.5, 0.6) is 0 Å². The molecule has 0 aromatic carbocycles. The van der Waals surface area contributed by atoms with E-state index in [1.165, 1.54) is 6.42 Å². The Bertz CT molecular complexity index is 337. The van der Waals surface area contributed by atoms with E-state index in [1.54, 1.807) is 0 Å². The number of nitrogens with one attached hydrogen (secondary N) is 1. The monoisotopic (exact) mass is 283 g/mol. The van der Waals surface area contributed by atoms with E-state index in [0.29, 0.717) is 12.1 Å². The zero-order valence-corrected chi connectivity index (χ0v) is 12.9. The topological polar surface area (TPSA) is 67.6 Å². The summed E-state index contributed by atoms with van der Waals surface area (Å²) in [5, 5.41) is 3.16. The average molecular weight is 283 g/mol. The Morgan fingerprint density at radius 3 is 2.90 bits per heavy atom. The van der Waals surface area contributed by atoms with Crippen LogP contribution in [0.2, 0.25) is 0 Å². The Morgan fingerprint density at radius 2 is 2.30 bits per heavy atom. The Kier molecular flexibility index (Phi) is 5.41. The molecule has 1 amide bonds. The summed E-state index contributed by atoms with van der Waals surface area (Å²) < 4.78 is 5.90. The number of nitrogens with two attached hydrogens (primary N) is 1. The first-order valence-corrected chi connectivity index (χ1v) is 7.96. The summed E-state index contributed by atoms with van der Waals surface area (Å²) in [5.41, 5.74) is 5.09. The first-order chi connectivity index (χ1) is 9.61. The minimum Gasteiger partial charge on any atom is -0.377 e. The highest BCUT2D eigenvalue weighted by Crippen LogP contribution is 2.34. The van der Waals surface area contributed by atoms with Crippen LogP contribution in [-0.2, 0) is 9.53 Å². The van der Waals surface area contributed by atoms with Crippen LogP contribution in [0.25, 0.3) is 0 Å². The van der Waals surface area contributed by atoms with Crippen molar-refractivity contribution in [3.63, 3.8) is 0 Å². The van der Waals surface area contributed by atoms with Crippen molar-refractivity contribution in [1.29, 1.82) is 0 Å². The van der Waals surface area contributed by atoms with Crippen LogP contribution in [0.15, 0.2) is 0 Å². The highest BCUT2D eigenvalue weighted by Gasteiger charge is 2.45. The Balaban J connectivity index is 1.90. The SMILES string of the molecule is CCCOC1CCCN(C2CCC(NC)(C(N)=O)C2)C1. The predicted octanol–water partition coefficient (Wildman–Crippen LogP) is 0.873. The minimum absolute atomic E-state index is 0.210. The minimum atomic E-state index is -0.498. The molecule has 0 bridgehead atoms. The molecule has 0 aromatic rings. The molecule has 3 N–H and O–H groups in total. The van der Waals surface area contributed by atoms with E-state index in [4.69, 9.17) is 10.5 Å². The fraction of sp³-hybridized carbons (Fsp3) is 0.933. The molecule has 1 saturated carbocycles. The summed E-state index contributed by atoms with van der Waals surface area (Å²) in [4.78, 5) is 14.2. The molecule has 1 aliphatic carbocycles. The van der Waals surface area contributed by atoms with Crippen LogP contribution in [0, 0.1) is 0 Å². The normalized spacial score (nSPS) is 35.3. The summed E-state index contributed by atoms with van der Waals surface area (Å²) in [5.74, 6) is -0.210. The van der Waals surface area contributed by atoms with Gasteiger partial charge < -0.3 is 15.8 Å². The van der Waals surface area contributed by atoms with Gasteiger partial charge in [0, 0.05) is 19.2 Å². The highest BCUT2D eigenvalue weighted by molar-refractivity contribution is 5.85. The predicted molar refractivity (Wildman–Crippen MR) is 79.5 cm³/mol. The number of likely N-dealkylation sites (tertiary alicyclic amines) is 1. The molecule has 1 saturated heterocycles. The van der Waals surface area contributed by atoms with Crippen LogP contribution in [0.1, 0.15) is 45.4 Å². The molecule has 3 atom stereocenters. The van der Waals surface area contributed by atoms with Crippen molar-refractivity contribution >= 4 is 5.91 Å². The number of hydrogen-bond donors (Lipinski definition) is 2. The number of carbonyl (C=O) groups is 1. The molecule has 2 rings (SSSR count). The van der Waals surface area contributed by atoms with Gasteiger partial charge in [0.05, 0.1) is 11.6 Å². The highest BCUT2D eigenvalue weighted by atomic mass is 16.5. The number of piperidine rings is 1. The fourth-order valence-corrected chi connectivity index (χ4v) is 3.62. The van der Waals surface area contributed by atoms with Gasteiger partial charge in [-0.1, -0.05) is 6.92 Å². The largest absolute Gasteiger partial charge is 0.377 e. The Labute approximate surface area is 122 Å². The van der Waals surface area contributed by atoms with Crippen LogP contribution < -0.4 is 11.1 Å². The van der Waals surface area contributed by atoms with Crippen LogP contribution in [0.3, 0.4) is 0 Å². The summed E-state index contributed by atoms with van der Waals surface area (Å²) in [7, 11) is 1.84. The van der Waals surface area contributed by atoms with E-state index < -0.39 is 5.54 Å². The molecule has 2 fully saturated rings. The summed E-state index contributed by atoms with van der Waals surface area (Å²) in [6.07, 6.45) is 6.51. The number of nitrogens with zero attached hydrogens (tertiary/aromatic N) is 1. The summed E-state index contributed by atoms with van der Waals surface area (Å²) >= 11 is 0. The van der Waals surface area contributed by atoms with E-state index in [1.807, 2.05) is 7.05 Å². The smallest absolute Gasteiger partial charge is 0.237 e. The number of carbonyl (C=O) groups excluding carboxylic acids is 1. The molecular formula is C15H29N3O2. The third-order valence-corrected chi connectivity index (χ3v) is 4.92. The Hall–Kier alpha value is -0.650. The molecule has 20 heavy (non-hydrogen) atoms. The maximum atomic E-state index is 11.7. The molecule has 0 aromatic heterocycles. The van der Waals surface area contributed by atoms with E-state index in [0.717, 1.165) is 51.8 Å². The molecule has 2 aliphatic rings. The standard InChI is InChI=1S/C15H29N3O2/c1-3-9-20-13-5-4-8-18(11-13)12-6-7-15(10-12,17-2)14(16)19/h12-13,17H,3-11H2,1-2H3,(H2,16,19). The lowest BCUT2D eigenvalue weighted by molar-refractivity contribution is -0.124. The third-order valence-electron chi connectivity index (χ3n) is 4.92. The van der Waals surface area contributed by atoms with E-state index in [9.17, 15) is 4.79 Å². The summed E-state index contributed by atoms with van der Waals surface area (Å²) in [6, 6.07) is 0.461. The van der Waals surface area contributed by atoms with Gasteiger partial charge in [-0.05, 0) is 52.1 Å². The number of ether oxygens (including phenoxy) is 1. The van der Waals surface area contributed by atoms with E-state index in [2.05, 4.69) is 17.1 Å². The first kappa shape index (κ1) is 15.7. The van der Waals surface area contributed by atoms with Gasteiger partial charge >= 0.3 is 0 Å². The molecule has 5 heteroatoms. The van der Waals surface area contributed by atoms with Crippen molar-refractivity contribution in [3.05, 3.63) is 0 Å². The van der Waals surface area contributed by atoms with Gasteiger partial charge in [0.1, 0.15) is 0 Å². The van der Waals surface area contributed by atoms with Crippen molar-refractivity contribution in [3.8, 4) is 0 Å². The zero-order chi connectivity index (χ0) is 14.6. The fourth-order valence-electron chi connectivity index (χ4n) is 3.62. The third kappa shape index (κ3) is 3.32. The Morgan fingerprint density at radius 1 is 1.50 bits per heavy atom. The van der Waals surface area contributed by atoms with Crippen molar-refractivity contribution in [2.45, 2.75) is 63.1 Å². The molecule has 1 heterocycles. The van der Waals surface area contributed by atoms with Crippen LogP contribution in [0.4, 0.5) is 0 Å². The second-order valence-electron chi connectivity index (χ2n) is 6.22. The maximum absolute atomic E-state index is 11.7. The number of amides is 1. The number of rotatable bonds is 6. The van der Waals surface area contributed by atoms with Gasteiger partial charge in [-0.3, -0.25) is 9.69 Å². The number of likely N-dealkylation sites (N-methyl/N-ethyl adjacent to an activating group) is 1. The molecule has 116 valence electrons. The van der Waals surface area contributed by atoms with Crippen molar-refractivity contribution in [1.82, 2.24) is 10.2 Å². The van der Waals surface area contributed by atoms with Gasteiger partial charge in [0.2, 0.25) is 5.91 Å². The quantitative estimate of drug-likeness (QED) is 0.759. The maximum Gasteiger partial charge on any atom is 0.237 e. The van der Waals surface area contributed by atoms with Crippen LogP contribution >= 0.6 is 0 Å². The van der Waals surface area contributed by atoms with Gasteiger partial charge in [-0.15, -0.1) is 0 Å². The summed E-state index contributed by atoms with van der Waals surface area (Å²) in [6.45, 7) is 5.12. The van der Waals surface area contributed by atoms with Crippen molar-refractivity contribution < 1.29 is 9.53 Å². The van der Waals surface area contributed by atoms with Gasteiger partial charge in [-0.25, -0.2) is 0 Å². The van der Waals surface area contributed by atoms with Gasteiger partial charge in [0.25, 0.3) is 0 Å². The first-order valence-electron chi connectivity index (χ1n) is 7.96. The molecule has 0 radical (unpaired) electrons. The number of primary amides is 1. The molecule has 1 aliphatic heterocycles. The lowest BCUT2D eigenvalue weighted by Crippen LogP contribution is -2.53. The number of hydrogen-bond acceptors (Lipinski definition) is 4. The van der Waals surface area contributed by atoms with Crippen LogP contribution in [-0.4, -0.2) is 55.2 Å². The molecule has 3 unspecified atom stereocenters. The van der Waals surface area contributed by atoms with Crippen molar-refractivity contribution in [2.24, 2.45) is 5.73 Å². The molecular weight excluding hydrogens is 254 g/mol.